The van der Waals surface area contributed by atoms with Crippen molar-refractivity contribution in [1.82, 2.24) is 14.7 Å². The van der Waals surface area contributed by atoms with Crippen molar-refractivity contribution in [1.29, 1.82) is 0 Å². The summed E-state index contributed by atoms with van der Waals surface area (Å²) in [7, 11) is 3.97. The highest BCUT2D eigenvalue weighted by Gasteiger charge is 2.20. The van der Waals surface area contributed by atoms with Crippen LogP contribution in [0.4, 0.5) is 5.69 Å². The summed E-state index contributed by atoms with van der Waals surface area (Å²) in [6.45, 7) is 2.42. The van der Waals surface area contributed by atoms with Gasteiger partial charge in [-0.3, -0.25) is 4.79 Å². The van der Waals surface area contributed by atoms with Crippen molar-refractivity contribution in [3.05, 3.63) is 22.6 Å². The van der Waals surface area contributed by atoms with Crippen molar-refractivity contribution in [3.63, 3.8) is 0 Å². The first-order valence-corrected chi connectivity index (χ1v) is 6.11. The molecule has 1 aromatic heterocycles. The van der Waals surface area contributed by atoms with Crippen LogP contribution >= 0.6 is 0 Å². The van der Waals surface area contributed by atoms with E-state index in [0.717, 1.165) is 24.7 Å². The molecule has 0 bridgehead atoms. The molecule has 0 unspecified atom stereocenters. The molecule has 0 aliphatic heterocycles. The highest BCUT2D eigenvalue weighted by molar-refractivity contribution is 5.38. The first-order valence-electron chi connectivity index (χ1n) is 6.11. The van der Waals surface area contributed by atoms with E-state index in [2.05, 4.69) is 10.4 Å². The summed E-state index contributed by atoms with van der Waals surface area (Å²) in [6, 6.07) is 1.63. The van der Waals surface area contributed by atoms with Crippen LogP contribution in [0.25, 0.3) is 0 Å². The van der Waals surface area contributed by atoms with Gasteiger partial charge in [-0.1, -0.05) is 0 Å². The third-order valence-electron chi connectivity index (χ3n) is 2.92. The summed E-state index contributed by atoms with van der Waals surface area (Å²) in [5.41, 5.74) is 0.802. The van der Waals surface area contributed by atoms with Gasteiger partial charge in [0.15, 0.2) is 0 Å². The van der Waals surface area contributed by atoms with Crippen molar-refractivity contribution in [2.24, 2.45) is 5.92 Å². The summed E-state index contributed by atoms with van der Waals surface area (Å²) in [6.07, 6.45) is 4.35. The van der Waals surface area contributed by atoms with Gasteiger partial charge >= 0.3 is 0 Å². The number of likely N-dealkylation sites (N-methyl/N-ethyl adjacent to an activating group) is 1. The molecule has 0 spiro atoms. The molecule has 1 saturated carbocycles. The van der Waals surface area contributed by atoms with Gasteiger partial charge < -0.3 is 10.2 Å². The smallest absolute Gasteiger partial charge is 0.268 e. The normalized spacial score (nSPS) is 15.2. The molecule has 0 saturated heterocycles. The van der Waals surface area contributed by atoms with Gasteiger partial charge in [-0.25, -0.2) is 4.68 Å². The quantitative estimate of drug-likeness (QED) is 0.787. The Morgan fingerprint density at radius 2 is 2.29 bits per heavy atom. The monoisotopic (exact) mass is 236 g/mol. The van der Waals surface area contributed by atoms with Crippen LogP contribution in [-0.4, -0.2) is 41.9 Å². The van der Waals surface area contributed by atoms with Gasteiger partial charge in [-0.2, -0.15) is 5.10 Å². The molecule has 2 rings (SSSR count). The van der Waals surface area contributed by atoms with E-state index in [9.17, 15) is 4.79 Å². The Labute approximate surface area is 101 Å². The molecule has 0 aromatic carbocycles. The standard InChI is InChI=1S/C12H20N4O/c1-15(2)5-6-16-12(17)7-11(9-14-16)13-8-10-3-4-10/h7,9-10,13H,3-6,8H2,1-2H3. The largest absolute Gasteiger partial charge is 0.383 e. The molecular formula is C12H20N4O. The van der Waals surface area contributed by atoms with E-state index >= 15 is 0 Å². The Morgan fingerprint density at radius 1 is 1.53 bits per heavy atom. The van der Waals surface area contributed by atoms with E-state index < -0.39 is 0 Å². The zero-order valence-corrected chi connectivity index (χ0v) is 10.5. The van der Waals surface area contributed by atoms with Crippen molar-refractivity contribution in [3.8, 4) is 0 Å². The van der Waals surface area contributed by atoms with Crippen LogP contribution in [0.1, 0.15) is 12.8 Å². The fraction of sp³-hybridized carbons (Fsp3) is 0.667. The lowest BCUT2D eigenvalue weighted by Gasteiger charge is -2.11. The average molecular weight is 236 g/mol. The molecule has 1 aromatic rings. The summed E-state index contributed by atoms with van der Waals surface area (Å²) in [5.74, 6) is 0.797. The number of anilines is 1. The maximum atomic E-state index is 11.8. The number of aromatic nitrogens is 2. The predicted octanol–water partition coefficient (Wildman–Crippen LogP) is 0.627. The molecular weight excluding hydrogens is 216 g/mol. The van der Waals surface area contributed by atoms with Gasteiger partial charge in [-0.05, 0) is 32.9 Å². The third-order valence-corrected chi connectivity index (χ3v) is 2.92. The first kappa shape index (κ1) is 12.1. The van der Waals surface area contributed by atoms with Crippen LogP contribution in [0.15, 0.2) is 17.1 Å². The zero-order valence-electron chi connectivity index (χ0n) is 10.5. The second-order valence-electron chi connectivity index (χ2n) is 4.93. The van der Waals surface area contributed by atoms with Crippen molar-refractivity contribution in [2.75, 3.05) is 32.5 Å². The van der Waals surface area contributed by atoms with Crippen LogP contribution in [0.3, 0.4) is 0 Å². The molecule has 94 valence electrons. The van der Waals surface area contributed by atoms with Crippen LogP contribution in [0.2, 0.25) is 0 Å². The minimum Gasteiger partial charge on any atom is -0.383 e. The highest BCUT2D eigenvalue weighted by atomic mass is 16.1. The number of nitrogens with zero attached hydrogens (tertiary/aromatic N) is 3. The van der Waals surface area contributed by atoms with Gasteiger partial charge in [-0.15, -0.1) is 0 Å². The maximum absolute atomic E-state index is 11.8. The molecule has 1 aliphatic rings. The second-order valence-corrected chi connectivity index (χ2v) is 4.93. The number of nitrogens with one attached hydrogen (secondary N) is 1. The molecule has 1 fully saturated rings. The number of hydrogen-bond acceptors (Lipinski definition) is 4. The Hall–Kier alpha value is -1.36. The van der Waals surface area contributed by atoms with Crippen molar-refractivity contribution < 1.29 is 0 Å². The van der Waals surface area contributed by atoms with Crippen LogP contribution in [0.5, 0.6) is 0 Å². The Bertz CT molecular complexity index is 423. The molecule has 0 atom stereocenters. The van der Waals surface area contributed by atoms with Crippen LogP contribution in [-0.2, 0) is 6.54 Å². The minimum atomic E-state index is -0.0346. The average Bonchev–Trinajstić information content (AvgIpc) is 3.08. The number of hydrogen-bond donors (Lipinski definition) is 1. The van der Waals surface area contributed by atoms with E-state index in [4.69, 9.17) is 0 Å². The van der Waals surface area contributed by atoms with E-state index in [1.54, 1.807) is 12.3 Å². The third kappa shape index (κ3) is 3.85. The Kier molecular flexibility index (Phi) is 3.78. The fourth-order valence-electron chi connectivity index (χ4n) is 1.58. The lowest BCUT2D eigenvalue weighted by atomic mass is 10.4. The Morgan fingerprint density at radius 3 is 2.88 bits per heavy atom. The SMILES string of the molecule is CN(C)CCn1ncc(NCC2CC2)cc1=O. The summed E-state index contributed by atoms with van der Waals surface area (Å²) >= 11 is 0. The highest BCUT2D eigenvalue weighted by Crippen LogP contribution is 2.28. The van der Waals surface area contributed by atoms with Gasteiger partial charge in [0, 0.05) is 19.2 Å². The summed E-state index contributed by atoms with van der Waals surface area (Å²) in [5, 5.41) is 7.42. The van der Waals surface area contributed by atoms with Gasteiger partial charge in [0.25, 0.3) is 5.56 Å². The number of rotatable bonds is 6. The predicted molar refractivity (Wildman–Crippen MR) is 68.3 cm³/mol. The van der Waals surface area contributed by atoms with Crippen LogP contribution in [0, 0.1) is 5.92 Å². The maximum Gasteiger partial charge on any atom is 0.268 e. The zero-order chi connectivity index (χ0) is 12.3. The molecule has 1 heterocycles. The van der Waals surface area contributed by atoms with E-state index in [1.807, 2.05) is 19.0 Å². The molecule has 5 nitrogen and oxygen atoms in total. The van der Waals surface area contributed by atoms with Gasteiger partial charge in [0.2, 0.25) is 0 Å². The molecule has 0 radical (unpaired) electrons. The lowest BCUT2D eigenvalue weighted by molar-refractivity contribution is 0.367. The molecule has 5 heteroatoms. The van der Waals surface area contributed by atoms with Gasteiger partial charge in [0.05, 0.1) is 18.4 Å². The van der Waals surface area contributed by atoms with Crippen LogP contribution < -0.4 is 10.9 Å². The van der Waals surface area contributed by atoms with Crippen molar-refractivity contribution in [2.45, 2.75) is 19.4 Å². The first-order chi connectivity index (χ1) is 8.15. The topological polar surface area (TPSA) is 50.2 Å². The van der Waals surface area contributed by atoms with Crippen molar-refractivity contribution >= 4 is 5.69 Å². The minimum absolute atomic E-state index is 0.0346. The van der Waals surface area contributed by atoms with E-state index in [-0.39, 0.29) is 5.56 Å². The molecule has 0 amide bonds. The lowest BCUT2D eigenvalue weighted by Crippen LogP contribution is -2.28. The fourth-order valence-corrected chi connectivity index (χ4v) is 1.58. The second kappa shape index (κ2) is 5.31. The molecule has 1 N–H and O–H groups in total. The summed E-state index contributed by atoms with van der Waals surface area (Å²) < 4.78 is 1.50. The van der Waals surface area contributed by atoms with E-state index in [0.29, 0.717) is 6.54 Å². The molecule has 17 heavy (non-hydrogen) atoms. The summed E-state index contributed by atoms with van der Waals surface area (Å²) in [4.78, 5) is 13.8. The molecule has 1 aliphatic carbocycles. The van der Waals surface area contributed by atoms with Gasteiger partial charge in [0.1, 0.15) is 0 Å². The van der Waals surface area contributed by atoms with E-state index in [1.165, 1.54) is 17.5 Å². The Balaban J connectivity index is 1.92.